The fourth-order valence-electron chi connectivity index (χ4n) is 2.44. The first-order valence-electron chi connectivity index (χ1n) is 6.72. The minimum Gasteiger partial charge on any atom is -0.496 e. The van der Waals surface area contributed by atoms with E-state index in [2.05, 4.69) is 47.8 Å². The van der Waals surface area contributed by atoms with Crippen molar-refractivity contribution in [1.29, 1.82) is 0 Å². The highest BCUT2D eigenvalue weighted by Gasteiger charge is 2.07. The number of methoxy groups -OCH3 is 1. The molecule has 0 aliphatic rings. The lowest BCUT2D eigenvalue weighted by Crippen LogP contribution is -2.02. The molecule has 3 rings (SSSR count). The standard InChI is InChI=1S/C18H17NO/c1-20-18-12-11-14-7-5-6-10-16(14)17(18)13-19-15-8-3-2-4-9-15/h2-12,19H,13H2,1H3. The summed E-state index contributed by atoms with van der Waals surface area (Å²) < 4.78 is 5.50. The van der Waals surface area contributed by atoms with Crippen molar-refractivity contribution in [3.63, 3.8) is 0 Å². The average Bonchev–Trinajstić information content (AvgIpc) is 2.53. The number of hydrogen-bond acceptors (Lipinski definition) is 2. The van der Waals surface area contributed by atoms with Gasteiger partial charge in [0, 0.05) is 17.8 Å². The van der Waals surface area contributed by atoms with E-state index in [1.54, 1.807) is 7.11 Å². The van der Waals surface area contributed by atoms with Gasteiger partial charge in [0.2, 0.25) is 0 Å². The quantitative estimate of drug-likeness (QED) is 0.750. The Balaban J connectivity index is 1.96. The van der Waals surface area contributed by atoms with Crippen molar-refractivity contribution in [2.75, 3.05) is 12.4 Å². The number of rotatable bonds is 4. The molecule has 0 fully saturated rings. The fourth-order valence-corrected chi connectivity index (χ4v) is 2.44. The molecule has 0 amide bonds. The second-order valence-electron chi connectivity index (χ2n) is 4.69. The van der Waals surface area contributed by atoms with Crippen molar-refractivity contribution in [3.8, 4) is 5.75 Å². The summed E-state index contributed by atoms with van der Waals surface area (Å²) in [6.45, 7) is 0.745. The first-order valence-corrected chi connectivity index (χ1v) is 6.72. The van der Waals surface area contributed by atoms with Crippen LogP contribution in [-0.4, -0.2) is 7.11 Å². The molecule has 0 saturated heterocycles. The van der Waals surface area contributed by atoms with Crippen LogP contribution < -0.4 is 10.1 Å². The normalized spacial score (nSPS) is 10.4. The van der Waals surface area contributed by atoms with E-state index < -0.39 is 0 Å². The molecule has 0 aromatic heterocycles. The summed E-state index contributed by atoms with van der Waals surface area (Å²) in [6, 6.07) is 22.7. The summed E-state index contributed by atoms with van der Waals surface area (Å²) in [4.78, 5) is 0. The van der Waals surface area contributed by atoms with Gasteiger partial charge in [-0.15, -0.1) is 0 Å². The molecule has 0 unspecified atom stereocenters. The van der Waals surface area contributed by atoms with Crippen molar-refractivity contribution in [2.24, 2.45) is 0 Å². The zero-order valence-corrected chi connectivity index (χ0v) is 11.5. The molecule has 0 heterocycles. The second-order valence-corrected chi connectivity index (χ2v) is 4.69. The fraction of sp³-hybridized carbons (Fsp3) is 0.111. The highest BCUT2D eigenvalue weighted by atomic mass is 16.5. The molecule has 0 aliphatic carbocycles. The first-order chi connectivity index (χ1) is 9.88. The molecule has 2 heteroatoms. The van der Waals surface area contributed by atoms with Crippen LogP contribution in [0.15, 0.2) is 66.7 Å². The van der Waals surface area contributed by atoms with E-state index in [0.717, 1.165) is 18.0 Å². The smallest absolute Gasteiger partial charge is 0.124 e. The van der Waals surface area contributed by atoms with Crippen LogP contribution in [0, 0.1) is 0 Å². The van der Waals surface area contributed by atoms with Gasteiger partial charge in [-0.05, 0) is 29.0 Å². The maximum Gasteiger partial charge on any atom is 0.124 e. The largest absolute Gasteiger partial charge is 0.496 e. The lowest BCUT2D eigenvalue weighted by Gasteiger charge is -2.13. The minimum absolute atomic E-state index is 0.745. The third-order valence-corrected chi connectivity index (χ3v) is 3.46. The van der Waals surface area contributed by atoms with Gasteiger partial charge in [-0.1, -0.05) is 48.5 Å². The van der Waals surface area contributed by atoms with Crippen LogP contribution in [0.25, 0.3) is 10.8 Å². The van der Waals surface area contributed by atoms with Gasteiger partial charge in [-0.2, -0.15) is 0 Å². The van der Waals surface area contributed by atoms with Gasteiger partial charge in [0.1, 0.15) is 5.75 Å². The van der Waals surface area contributed by atoms with Crippen LogP contribution in [0.2, 0.25) is 0 Å². The van der Waals surface area contributed by atoms with Gasteiger partial charge < -0.3 is 10.1 Å². The highest BCUT2D eigenvalue weighted by Crippen LogP contribution is 2.28. The molecule has 20 heavy (non-hydrogen) atoms. The van der Waals surface area contributed by atoms with Gasteiger partial charge in [0.05, 0.1) is 7.11 Å². The van der Waals surface area contributed by atoms with Crippen LogP contribution in [-0.2, 0) is 6.54 Å². The maximum atomic E-state index is 5.50. The topological polar surface area (TPSA) is 21.3 Å². The van der Waals surface area contributed by atoms with E-state index >= 15 is 0 Å². The van der Waals surface area contributed by atoms with Gasteiger partial charge in [-0.3, -0.25) is 0 Å². The van der Waals surface area contributed by atoms with Crippen LogP contribution in [0.1, 0.15) is 5.56 Å². The van der Waals surface area contributed by atoms with Crippen LogP contribution in [0.5, 0.6) is 5.75 Å². The summed E-state index contributed by atoms with van der Waals surface area (Å²) in [7, 11) is 1.72. The van der Waals surface area contributed by atoms with Gasteiger partial charge >= 0.3 is 0 Å². The molecule has 0 aliphatic heterocycles. The molecular weight excluding hydrogens is 246 g/mol. The Morgan fingerprint density at radius 1 is 0.850 bits per heavy atom. The number of benzene rings is 3. The van der Waals surface area contributed by atoms with E-state index in [1.807, 2.05) is 24.3 Å². The molecule has 0 spiro atoms. The number of ether oxygens (including phenoxy) is 1. The predicted molar refractivity (Wildman–Crippen MR) is 84.3 cm³/mol. The van der Waals surface area contributed by atoms with Crippen molar-refractivity contribution in [2.45, 2.75) is 6.54 Å². The average molecular weight is 263 g/mol. The Morgan fingerprint density at radius 2 is 1.60 bits per heavy atom. The Bertz CT molecular complexity index is 707. The zero-order chi connectivity index (χ0) is 13.8. The zero-order valence-electron chi connectivity index (χ0n) is 11.5. The molecule has 100 valence electrons. The monoisotopic (exact) mass is 263 g/mol. The predicted octanol–water partition coefficient (Wildman–Crippen LogP) is 4.46. The van der Waals surface area contributed by atoms with Crippen LogP contribution in [0.4, 0.5) is 5.69 Å². The van der Waals surface area contributed by atoms with E-state index in [0.29, 0.717) is 0 Å². The number of anilines is 1. The molecule has 3 aromatic carbocycles. The van der Waals surface area contributed by atoms with E-state index in [-0.39, 0.29) is 0 Å². The Kier molecular flexibility index (Phi) is 3.55. The molecule has 2 nitrogen and oxygen atoms in total. The molecule has 0 radical (unpaired) electrons. The van der Waals surface area contributed by atoms with Crippen LogP contribution in [0.3, 0.4) is 0 Å². The summed E-state index contributed by atoms with van der Waals surface area (Å²) in [5.41, 5.74) is 2.30. The van der Waals surface area contributed by atoms with Crippen molar-refractivity contribution in [3.05, 3.63) is 72.3 Å². The summed E-state index contributed by atoms with van der Waals surface area (Å²) in [6.07, 6.45) is 0. The lowest BCUT2D eigenvalue weighted by atomic mass is 10.0. The SMILES string of the molecule is COc1ccc2ccccc2c1CNc1ccccc1. The summed E-state index contributed by atoms with van der Waals surface area (Å²) in [5.74, 6) is 0.923. The van der Waals surface area contributed by atoms with E-state index in [1.165, 1.54) is 16.3 Å². The minimum atomic E-state index is 0.745. The Morgan fingerprint density at radius 3 is 2.40 bits per heavy atom. The van der Waals surface area contributed by atoms with Crippen molar-refractivity contribution < 1.29 is 4.74 Å². The van der Waals surface area contributed by atoms with Crippen molar-refractivity contribution in [1.82, 2.24) is 0 Å². The van der Waals surface area contributed by atoms with Gasteiger partial charge in [-0.25, -0.2) is 0 Å². The highest BCUT2D eigenvalue weighted by molar-refractivity contribution is 5.88. The molecule has 0 saturated carbocycles. The number of fused-ring (bicyclic) bond motifs is 1. The molecule has 3 aromatic rings. The third kappa shape index (κ3) is 2.45. The van der Waals surface area contributed by atoms with Crippen LogP contribution >= 0.6 is 0 Å². The van der Waals surface area contributed by atoms with Crippen molar-refractivity contribution >= 4 is 16.5 Å². The second kappa shape index (κ2) is 5.66. The van der Waals surface area contributed by atoms with Gasteiger partial charge in [0.15, 0.2) is 0 Å². The maximum absolute atomic E-state index is 5.50. The Labute approximate surface area is 119 Å². The number of para-hydroxylation sites is 1. The van der Waals surface area contributed by atoms with E-state index in [9.17, 15) is 0 Å². The Hall–Kier alpha value is -2.48. The number of nitrogens with one attached hydrogen (secondary N) is 1. The summed E-state index contributed by atoms with van der Waals surface area (Å²) >= 11 is 0. The van der Waals surface area contributed by atoms with E-state index in [4.69, 9.17) is 4.74 Å². The molecule has 1 N–H and O–H groups in total. The summed E-state index contributed by atoms with van der Waals surface area (Å²) in [5, 5.41) is 5.91. The molecule has 0 bridgehead atoms. The third-order valence-electron chi connectivity index (χ3n) is 3.46. The molecular formula is C18H17NO. The molecule has 0 atom stereocenters. The lowest BCUT2D eigenvalue weighted by molar-refractivity contribution is 0.411. The first kappa shape index (κ1) is 12.5. The number of hydrogen-bond donors (Lipinski definition) is 1. The van der Waals surface area contributed by atoms with Gasteiger partial charge in [0.25, 0.3) is 0 Å².